The summed E-state index contributed by atoms with van der Waals surface area (Å²) in [7, 11) is 1.83. The van der Waals surface area contributed by atoms with Crippen LogP contribution in [-0.4, -0.2) is 23.7 Å². The first-order chi connectivity index (χ1) is 10.4. The van der Waals surface area contributed by atoms with Crippen molar-refractivity contribution in [3.05, 3.63) is 47.9 Å². The van der Waals surface area contributed by atoms with Crippen molar-refractivity contribution in [2.45, 2.75) is 20.1 Å². The molecule has 1 N–H and O–H groups in total. The number of thiocarbonyl (C=S) groups is 1. The van der Waals surface area contributed by atoms with Gasteiger partial charge in [-0.05, 0) is 55.5 Å². The summed E-state index contributed by atoms with van der Waals surface area (Å²) in [5.74, 6) is 1.76. The number of hydrogen-bond acceptors (Lipinski definition) is 3. The molecule has 0 amide bonds. The molecule has 0 saturated heterocycles. The Morgan fingerprint density at radius 2 is 1.95 bits per heavy atom. The van der Waals surface area contributed by atoms with Crippen LogP contribution in [0.15, 0.2) is 40.8 Å². The molecule has 1 aromatic carbocycles. The van der Waals surface area contributed by atoms with Gasteiger partial charge in [-0.15, -0.1) is 0 Å². The minimum atomic E-state index is -2.83. The van der Waals surface area contributed by atoms with Crippen LogP contribution in [0.5, 0.6) is 5.75 Å². The van der Waals surface area contributed by atoms with Gasteiger partial charge >= 0.3 is 6.61 Å². The molecule has 1 aromatic heterocycles. The van der Waals surface area contributed by atoms with Crippen LogP contribution < -0.4 is 10.1 Å². The Labute approximate surface area is 132 Å². The average molecular weight is 326 g/mol. The fraction of sp³-hybridized carbons (Fsp3) is 0.267. The Morgan fingerprint density at radius 3 is 2.50 bits per heavy atom. The minimum Gasteiger partial charge on any atom is -0.464 e. The zero-order chi connectivity index (χ0) is 16.1. The third-order valence-corrected chi connectivity index (χ3v) is 3.28. The number of hydrogen-bond donors (Lipinski definition) is 1. The van der Waals surface area contributed by atoms with E-state index in [1.807, 2.05) is 31.0 Å². The highest BCUT2D eigenvalue weighted by molar-refractivity contribution is 7.80. The summed E-state index contributed by atoms with van der Waals surface area (Å²) in [6, 6.07) is 9.93. The van der Waals surface area contributed by atoms with Gasteiger partial charge in [0.05, 0.1) is 6.54 Å². The average Bonchev–Trinajstić information content (AvgIpc) is 2.85. The number of alkyl halides is 2. The van der Waals surface area contributed by atoms with Crippen LogP contribution in [0.4, 0.5) is 14.5 Å². The molecule has 1 heterocycles. The van der Waals surface area contributed by atoms with Crippen LogP contribution in [0, 0.1) is 6.92 Å². The second-order valence-corrected chi connectivity index (χ2v) is 5.09. The zero-order valence-electron chi connectivity index (χ0n) is 12.2. The molecule has 0 aliphatic carbocycles. The molecule has 2 aromatic rings. The molecular formula is C15H16F2N2O2S. The maximum atomic E-state index is 12.1. The zero-order valence-corrected chi connectivity index (χ0v) is 13.0. The van der Waals surface area contributed by atoms with Gasteiger partial charge in [-0.1, -0.05) is 0 Å². The molecule has 22 heavy (non-hydrogen) atoms. The standard InChI is InChI=1S/C15H16F2N2O2S/c1-10-3-6-13(20-10)9-19(2)15(22)18-11-4-7-12(8-5-11)21-14(16)17/h3-8,14H,9H2,1-2H3,(H,18,22). The second kappa shape index (κ2) is 7.22. The molecule has 0 aliphatic rings. The topological polar surface area (TPSA) is 37.6 Å². The number of furan rings is 1. The Morgan fingerprint density at radius 1 is 1.27 bits per heavy atom. The molecule has 0 saturated carbocycles. The number of halogens is 2. The van der Waals surface area contributed by atoms with Gasteiger partial charge in [0, 0.05) is 12.7 Å². The van der Waals surface area contributed by atoms with Crippen LogP contribution in [0.2, 0.25) is 0 Å². The van der Waals surface area contributed by atoms with Crippen molar-refractivity contribution in [1.29, 1.82) is 0 Å². The molecule has 0 unspecified atom stereocenters. The number of aryl methyl sites for hydroxylation is 1. The van der Waals surface area contributed by atoms with Crippen LogP contribution in [0.25, 0.3) is 0 Å². The summed E-state index contributed by atoms with van der Waals surface area (Å²) in [6.45, 7) is -0.419. The third kappa shape index (κ3) is 4.70. The summed E-state index contributed by atoms with van der Waals surface area (Å²) in [4.78, 5) is 1.82. The summed E-state index contributed by atoms with van der Waals surface area (Å²) in [6.07, 6.45) is 0. The van der Waals surface area contributed by atoms with E-state index >= 15 is 0 Å². The van der Waals surface area contributed by atoms with Gasteiger partial charge in [0.15, 0.2) is 5.11 Å². The number of anilines is 1. The van der Waals surface area contributed by atoms with Crippen LogP contribution in [-0.2, 0) is 6.54 Å². The number of rotatable bonds is 5. The van der Waals surface area contributed by atoms with E-state index in [1.165, 1.54) is 12.1 Å². The van der Waals surface area contributed by atoms with Gasteiger partial charge in [0.2, 0.25) is 0 Å². The fourth-order valence-electron chi connectivity index (χ4n) is 1.81. The number of benzene rings is 1. The van der Waals surface area contributed by atoms with Gasteiger partial charge in [-0.3, -0.25) is 0 Å². The Kier molecular flexibility index (Phi) is 5.32. The molecule has 0 fully saturated rings. The molecule has 0 aliphatic heterocycles. The maximum Gasteiger partial charge on any atom is 0.387 e. The molecular weight excluding hydrogens is 310 g/mol. The summed E-state index contributed by atoms with van der Waals surface area (Å²) >= 11 is 5.29. The number of ether oxygens (including phenoxy) is 1. The van der Waals surface area contributed by atoms with Gasteiger partial charge < -0.3 is 19.4 Å². The van der Waals surface area contributed by atoms with E-state index in [-0.39, 0.29) is 5.75 Å². The summed E-state index contributed by atoms with van der Waals surface area (Å²) in [5, 5.41) is 3.52. The van der Waals surface area contributed by atoms with E-state index in [4.69, 9.17) is 16.6 Å². The molecule has 4 nitrogen and oxygen atoms in total. The van der Waals surface area contributed by atoms with Crippen molar-refractivity contribution >= 4 is 23.0 Å². The molecule has 2 rings (SSSR count). The van der Waals surface area contributed by atoms with Gasteiger partial charge in [0.25, 0.3) is 0 Å². The SMILES string of the molecule is Cc1ccc(CN(C)C(=S)Nc2ccc(OC(F)F)cc2)o1. The number of nitrogens with one attached hydrogen (secondary N) is 1. The highest BCUT2D eigenvalue weighted by Crippen LogP contribution is 2.18. The lowest BCUT2D eigenvalue weighted by Crippen LogP contribution is -2.30. The lowest BCUT2D eigenvalue weighted by Gasteiger charge is -2.20. The van der Waals surface area contributed by atoms with Crippen molar-refractivity contribution in [2.75, 3.05) is 12.4 Å². The van der Waals surface area contributed by atoms with Gasteiger partial charge in [-0.2, -0.15) is 8.78 Å². The van der Waals surface area contributed by atoms with E-state index < -0.39 is 6.61 Å². The minimum absolute atomic E-state index is 0.103. The molecule has 118 valence electrons. The van der Waals surface area contributed by atoms with Gasteiger partial charge in [-0.25, -0.2) is 0 Å². The third-order valence-electron chi connectivity index (χ3n) is 2.87. The predicted molar refractivity (Wildman–Crippen MR) is 84.2 cm³/mol. The lowest BCUT2D eigenvalue weighted by atomic mass is 10.3. The van der Waals surface area contributed by atoms with Crippen molar-refractivity contribution < 1.29 is 17.9 Å². The van der Waals surface area contributed by atoms with Crippen molar-refractivity contribution in [3.63, 3.8) is 0 Å². The highest BCUT2D eigenvalue weighted by atomic mass is 32.1. The van der Waals surface area contributed by atoms with E-state index in [0.29, 0.717) is 17.3 Å². The normalized spacial score (nSPS) is 10.6. The van der Waals surface area contributed by atoms with Gasteiger partial charge in [0.1, 0.15) is 17.3 Å². The lowest BCUT2D eigenvalue weighted by molar-refractivity contribution is -0.0498. The quantitative estimate of drug-likeness (QED) is 0.840. The molecule has 0 atom stereocenters. The second-order valence-electron chi connectivity index (χ2n) is 4.70. The first kappa shape index (κ1) is 16.2. The Balaban J connectivity index is 1.90. The maximum absolute atomic E-state index is 12.1. The summed E-state index contributed by atoms with van der Waals surface area (Å²) in [5.41, 5.74) is 0.689. The van der Waals surface area contributed by atoms with E-state index in [2.05, 4.69) is 10.1 Å². The summed E-state index contributed by atoms with van der Waals surface area (Å²) < 4.78 is 33.9. The van der Waals surface area contributed by atoms with Crippen LogP contribution in [0.3, 0.4) is 0 Å². The predicted octanol–water partition coefficient (Wildman–Crippen LogP) is 4.02. The number of nitrogens with zero attached hydrogens (tertiary/aromatic N) is 1. The van der Waals surface area contributed by atoms with Crippen molar-refractivity contribution in [1.82, 2.24) is 4.90 Å². The highest BCUT2D eigenvalue weighted by Gasteiger charge is 2.09. The molecule has 0 spiro atoms. The Hall–Kier alpha value is -2.15. The smallest absolute Gasteiger partial charge is 0.387 e. The first-order valence-electron chi connectivity index (χ1n) is 6.56. The van der Waals surface area contributed by atoms with E-state index in [9.17, 15) is 8.78 Å². The molecule has 7 heteroatoms. The Bertz CT molecular complexity index is 629. The van der Waals surface area contributed by atoms with Crippen molar-refractivity contribution in [2.24, 2.45) is 0 Å². The first-order valence-corrected chi connectivity index (χ1v) is 6.97. The van der Waals surface area contributed by atoms with E-state index in [0.717, 1.165) is 11.5 Å². The molecule has 0 radical (unpaired) electrons. The molecule has 0 bridgehead atoms. The van der Waals surface area contributed by atoms with Crippen molar-refractivity contribution in [3.8, 4) is 5.75 Å². The fourth-order valence-corrected chi connectivity index (χ4v) is 2.00. The van der Waals surface area contributed by atoms with E-state index in [1.54, 1.807) is 12.1 Å². The largest absolute Gasteiger partial charge is 0.464 e. The van der Waals surface area contributed by atoms with Crippen LogP contribution >= 0.6 is 12.2 Å². The van der Waals surface area contributed by atoms with Crippen LogP contribution in [0.1, 0.15) is 11.5 Å². The monoisotopic (exact) mass is 326 g/mol.